The SMILES string of the molecule is C[C@H]1CN([C@@H](C)CO)C(=O)Cc2cc(NC(=O)Nc3ccc(C(F)(F)F)cc3)ccc2O[C@H]1CN(C)Cc1ccc(C(=O)O)cc1. The van der Waals surface area contributed by atoms with Crippen LogP contribution in [0.25, 0.3) is 0 Å². The number of anilines is 2. The Bertz CT molecular complexity index is 1530. The fourth-order valence-corrected chi connectivity index (χ4v) is 5.20. The highest BCUT2D eigenvalue weighted by molar-refractivity contribution is 6.00. The number of aromatic carboxylic acids is 1. The number of carboxylic acids is 1. The van der Waals surface area contributed by atoms with Gasteiger partial charge in [-0.2, -0.15) is 13.2 Å². The number of halogens is 3. The van der Waals surface area contributed by atoms with Gasteiger partial charge in [-0.3, -0.25) is 9.69 Å². The van der Waals surface area contributed by atoms with E-state index in [1.54, 1.807) is 54.3 Å². The van der Waals surface area contributed by atoms with Crippen LogP contribution in [0.3, 0.4) is 0 Å². The standard InChI is InChI=1S/C33H37F3N4O6/c1-20-16-40(21(2)19-41)30(42)15-24-14-27(38-32(45)37-26-10-8-25(9-11-26)33(34,35)36)12-13-28(24)46-29(20)18-39(3)17-22-4-6-23(7-5-22)31(43)44/h4-14,20-21,29,41H,15-19H2,1-3H3,(H,43,44)(H2,37,38,45)/t20-,21-,29-/m0/s1. The van der Waals surface area contributed by atoms with Gasteiger partial charge in [0.15, 0.2) is 0 Å². The van der Waals surface area contributed by atoms with Gasteiger partial charge in [0.2, 0.25) is 5.91 Å². The van der Waals surface area contributed by atoms with Crippen molar-refractivity contribution in [2.75, 3.05) is 37.4 Å². The van der Waals surface area contributed by atoms with E-state index in [4.69, 9.17) is 4.74 Å². The molecule has 0 spiro atoms. The maximum atomic E-state index is 13.5. The van der Waals surface area contributed by atoms with Gasteiger partial charge in [0, 0.05) is 42.5 Å². The topological polar surface area (TPSA) is 131 Å². The zero-order valence-corrected chi connectivity index (χ0v) is 25.7. The van der Waals surface area contributed by atoms with E-state index in [0.717, 1.165) is 29.8 Å². The fraction of sp³-hybridized carbons (Fsp3) is 0.364. The molecule has 0 unspecified atom stereocenters. The summed E-state index contributed by atoms with van der Waals surface area (Å²) in [5.41, 5.74) is 1.30. The van der Waals surface area contributed by atoms with E-state index in [0.29, 0.717) is 36.6 Å². The summed E-state index contributed by atoms with van der Waals surface area (Å²) in [6.45, 7) is 4.82. The Morgan fingerprint density at radius 1 is 1.04 bits per heavy atom. The first-order chi connectivity index (χ1) is 21.7. The van der Waals surface area contributed by atoms with Crippen molar-refractivity contribution in [1.29, 1.82) is 0 Å². The molecule has 3 aromatic rings. The number of hydrogen-bond acceptors (Lipinski definition) is 6. The Morgan fingerprint density at radius 2 is 1.67 bits per heavy atom. The van der Waals surface area contributed by atoms with Crippen molar-refractivity contribution in [3.63, 3.8) is 0 Å². The van der Waals surface area contributed by atoms with Crippen LogP contribution in [0.4, 0.5) is 29.3 Å². The molecule has 1 heterocycles. The zero-order valence-electron chi connectivity index (χ0n) is 25.7. The summed E-state index contributed by atoms with van der Waals surface area (Å²) in [6, 6.07) is 14.4. The lowest BCUT2D eigenvalue weighted by Crippen LogP contribution is -2.47. The van der Waals surface area contributed by atoms with Gasteiger partial charge in [-0.15, -0.1) is 0 Å². The maximum absolute atomic E-state index is 13.5. The van der Waals surface area contributed by atoms with Crippen LogP contribution in [-0.2, 0) is 23.9 Å². The molecule has 1 aliphatic rings. The Balaban J connectivity index is 1.52. The minimum atomic E-state index is -4.49. The number of benzene rings is 3. The maximum Gasteiger partial charge on any atom is 0.416 e. The zero-order chi connectivity index (χ0) is 33.6. The lowest BCUT2D eigenvalue weighted by molar-refractivity contribution is -0.137. The van der Waals surface area contributed by atoms with E-state index in [1.165, 1.54) is 0 Å². The number of aliphatic hydroxyl groups is 1. The number of nitrogens with one attached hydrogen (secondary N) is 2. The van der Waals surface area contributed by atoms with Crippen molar-refractivity contribution in [2.45, 2.75) is 45.1 Å². The predicted octanol–water partition coefficient (Wildman–Crippen LogP) is 5.33. The van der Waals surface area contributed by atoms with Crippen LogP contribution in [0.2, 0.25) is 0 Å². The molecular formula is C33H37F3N4O6. The van der Waals surface area contributed by atoms with Crippen molar-refractivity contribution in [3.05, 3.63) is 89.0 Å². The predicted molar refractivity (Wildman–Crippen MR) is 166 cm³/mol. The number of amides is 3. The van der Waals surface area contributed by atoms with Crippen molar-refractivity contribution in [1.82, 2.24) is 9.80 Å². The molecule has 0 aromatic heterocycles. The largest absolute Gasteiger partial charge is 0.488 e. The highest BCUT2D eigenvalue weighted by Crippen LogP contribution is 2.31. The third kappa shape index (κ3) is 8.98. The van der Waals surface area contributed by atoms with Gasteiger partial charge in [0.1, 0.15) is 11.9 Å². The quantitative estimate of drug-likeness (QED) is 0.248. The monoisotopic (exact) mass is 642 g/mol. The number of carbonyl (C=O) groups excluding carboxylic acids is 2. The number of rotatable bonds is 9. The average Bonchev–Trinajstić information content (AvgIpc) is 3.04. The molecule has 0 bridgehead atoms. The molecule has 0 aliphatic carbocycles. The van der Waals surface area contributed by atoms with Crippen LogP contribution in [0.15, 0.2) is 66.7 Å². The molecule has 0 saturated carbocycles. The van der Waals surface area contributed by atoms with Crippen molar-refractivity contribution < 1.29 is 42.5 Å². The average molecular weight is 643 g/mol. The summed E-state index contributed by atoms with van der Waals surface area (Å²) in [5.74, 6) is -0.914. The van der Waals surface area contributed by atoms with Crippen LogP contribution >= 0.6 is 0 Å². The Kier molecular flexibility index (Phi) is 10.9. The minimum Gasteiger partial charge on any atom is -0.488 e. The summed E-state index contributed by atoms with van der Waals surface area (Å²) in [4.78, 5) is 41.0. The number of alkyl halides is 3. The Morgan fingerprint density at radius 3 is 2.28 bits per heavy atom. The molecule has 0 fully saturated rings. The van der Waals surface area contributed by atoms with E-state index in [2.05, 4.69) is 10.6 Å². The first-order valence-corrected chi connectivity index (χ1v) is 14.7. The number of urea groups is 1. The third-order valence-corrected chi connectivity index (χ3v) is 7.79. The van der Waals surface area contributed by atoms with Crippen molar-refractivity contribution in [3.8, 4) is 5.75 Å². The molecule has 3 atom stereocenters. The summed E-state index contributed by atoms with van der Waals surface area (Å²) in [5, 5.41) is 24.2. The smallest absolute Gasteiger partial charge is 0.416 e. The van der Waals surface area contributed by atoms with E-state index in [1.807, 2.05) is 18.9 Å². The van der Waals surface area contributed by atoms with Gasteiger partial charge in [-0.25, -0.2) is 9.59 Å². The minimum absolute atomic E-state index is 0.0546. The lowest BCUT2D eigenvalue weighted by Gasteiger charge is -2.34. The molecule has 1 aliphatic heterocycles. The van der Waals surface area contributed by atoms with Gasteiger partial charge >= 0.3 is 18.2 Å². The van der Waals surface area contributed by atoms with Crippen LogP contribution < -0.4 is 15.4 Å². The number of aliphatic hydroxyl groups excluding tert-OH is 1. The summed E-state index contributed by atoms with van der Waals surface area (Å²) in [7, 11) is 1.91. The van der Waals surface area contributed by atoms with Crippen LogP contribution in [0.1, 0.15) is 40.9 Å². The lowest BCUT2D eigenvalue weighted by atomic mass is 10.0. The number of ether oxygens (including phenoxy) is 1. The number of fused-ring (bicyclic) bond motifs is 1. The summed E-state index contributed by atoms with van der Waals surface area (Å²) < 4.78 is 45.1. The number of nitrogens with zero attached hydrogens (tertiary/aromatic N) is 2. The molecule has 13 heteroatoms. The molecule has 0 saturated heterocycles. The molecule has 4 N–H and O–H groups in total. The van der Waals surface area contributed by atoms with E-state index in [-0.39, 0.29) is 42.2 Å². The molecule has 4 rings (SSSR count). The van der Waals surface area contributed by atoms with Crippen molar-refractivity contribution >= 4 is 29.3 Å². The summed E-state index contributed by atoms with van der Waals surface area (Å²) >= 11 is 0. The second kappa shape index (κ2) is 14.6. The van der Waals surface area contributed by atoms with Crippen LogP contribution in [0, 0.1) is 5.92 Å². The first kappa shape index (κ1) is 34.3. The highest BCUT2D eigenvalue weighted by Gasteiger charge is 2.32. The van der Waals surface area contributed by atoms with Crippen LogP contribution in [-0.4, -0.2) is 76.8 Å². The molecule has 0 radical (unpaired) electrons. The molecular weight excluding hydrogens is 605 g/mol. The molecule has 10 nitrogen and oxygen atoms in total. The number of carbonyl (C=O) groups is 3. The van der Waals surface area contributed by atoms with Gasteiger partial charge in [0.05, 0.1) is 30.2 Å². The summed E-state index contributed by atoms with van der Waals surface area (Å²) in [6.07, 6.45) is -4.93. The second-order valence-corrected chi connectivity index (χ2v) is 11.6. The van der Waals surface area contributed by atoms with Gasteiger partial charge in [-0.05, 0) is 74.1 Å². The molecule has 46 heavy (non-hydrogen) atoms. The fourth-order valence-electron chi connectivity index (χ4n) is 5.20. The highest BCUT2D eigenvalue weighted by atomic mass is 19.4. The van der Waals surface area contributed by atoms with Gasteiger partial charge in [-0.1, -0.05) is 19.1 Å². The Hall–Kier alpha value is -4.62. The van der Waals surface area contributed by atoms with E-state index < -0.39 is 29.8 Å². The third-order valence-electron chi connectivity index (χ3n) is 7.79. The normalized spacial score (nSPS) is 17.7. The van der Waals surface area contributed by atoms with Crippen LogP contribution in [0.5, 0.6) is 5.75 Å². The second-order valence-electron chi connectivity index (χ2n) is 11.6. The molecule has 3 amide bonds. The van der Waals surface area contributed by atoms with Crippen molar-refractivity contribution in [2.24, 2.45) is 5.92 Å². The van der Waals surface area contributed by atoms with Gasteiger partial charge in [0.25, 0.3) is 0 Å². The van der Waals surface area contributed by atoms with Gasteiger partial charge < -0.3 is 30.5 Å². The number of carboxylic acid groups (broad SMARTS) is 1. The number of likely N-dealkylation sites (N-methyl/N-ethyl adjacent to an activating group) is 1. The Labute approximate surface area is 264 Å². The number of hydrogen-bond donors (Lipinski definition) is 4. The van der Waals surface area contributed by atoms with E-state index in [9.17, 15) is 37.8 Å². The molecule has 3 aromatic carbocycles. The van der Waals surface area contributed by atoms with E-state index >= 15 is 0 Å². The first-order valence-electron chi connectivity index (χ1n) is 14.7. The molecule has 246 valence electrons.